The molecular weight excluding hydrogens is 629 g/mol. The van der Waals surface area contributed by atoms with Gasteiger partial charge in [-0.25, -0.2) is 4.98 Å². The third kappa shape index (κ3) is 4.38. The highest BCUT2D eigenvalue weighted by Crippen LogP contribution is 2.52. The Bertz CT molecular complexity index is 2960. The maximum atomic E-state index is 5.16. The molecule has 1 aliphatic rings. The van der Waals surface area contributed by atoms with Gasteiger partial charge in [-0.3, -0.25) is 4.98 Å². The molecule has 2 heterocycles. The standard InChI is InChI=1S/C50H30N2/c1-3-10-31(11-4-1)37-22-23-38(32-12-5-2-6-13-32)44-30-46-42-25-24-39(40-17-8-18-41(48(40)42)45(46)29-43(37)44)35-14-7-15-36(28-35)47-26-21-34-20-19-33-16-9-27-51-49(33)50(34)52-47/h1-30H. The molecule has 0 fully saturated rings. The third-order valence-electron chi connectivity index (χ3n) is 10.8. The largest absolute Gasteiger partial charge is 0.254 e. The summed E-state index contributed by atoms with van der Waals surface area (Å²) in [5.41, 5.74) is 16.5. The van der Waals surface area contributed by atoms with E-state index in [4.69, 9.17) is 4.98 Å². The zero-order valence-electron chi connectivity index (χ0n) is 28.2. The lowest BCUT2D eigenvalue weighted by Gasteiger charge is -2.15. The fourth-order valence-corrected chi connectivity index (χ4v) is 8.41. The molecule has 0 amide bonds. The fourth-order valence-electron chi connectivity index (χ4n) is 8.41. The van der Waals surface area contributed by atoms with Gasteiger partial charge in [-0.05, 0) is 108 Å². The van der Waals surface area contributed by atoms with Crippen molar-refractivity contribution < 1.29 is 0 Å². The number of pyridine rings is 2. The first-order valence-corrected chi connectivity index (χ1v) is 17.8. The minimum atomic E-state index is 0.933. The number of benzene rings is 8. The van der Waals surface area contributed by atoms with Crippen LogP contribution >= 0.6 is 0 Å². The van der Waals surface area contributed by atoms with Gasteiger partial charge >= 0.3 is 0 Å². The lowest BCUT2D eigenvalue weighted by Crippen LogP contribution is -1.89. The minimum absolute atomic E-state index is 0.933. The first-order chi connectivity index (χ1) is 25.8. The van der Waals surface area contributed by atoms with Crippen LogP contribution in [0.25, 0.3) is 110 Å². The van der Waals surface area contributed by atoms with Gasteiger partial charge in [0, 0.05) is 22.5 Å². The van der Waals surface area contributed by atoms with E-state index in [-0.39, 0.29) is 0 Å². The SMILES string of the molecule is c1ccc(-c2ccc(-c3ccccc3)c3cc4c(cc23)-c2cccc3c(-c5cccc(-c6ccc7ccc8cccnc8c7n6)c5)ccc-4c23)cc1. The second kappa shape index (κ2) is 11.3. The summed E-state index contributed by atoms with van der Waals surface area (Å²) < 4.78 is 0. The number of fused-ring (bicyclic) bond motifs is 7. The molecule has 10 aromatic rings. The van der Waals surface area contributed by atoms with Gasteiger partial charge in [0.25, 0.3) is 0 Å². The van der Waals surface area contributed by atoms with Gasteiger partial charge in [0.05, 0.1) is 16.7 Å². The van der Waals surface area contributed by atoms with Gasteiger partial charge < -0.3 is 0 Å². The van der Waals surface area contributed by atoms with Gasteiger partial charge in [-0.1, -0.05) is 146 Å². The van der Waals surface area contributed by atoms with Gasteiger partial charge in [-0.15, -0.1) is 0 Å². The number of nitrogens with zero attached hydrogens (tertiary/aromatic N) is 2. The second-order valence-electron chi connectivity index (χ2n) is 13.7. The first-order valence-electron chi connectivity index (χ1n) is 17.8. The summed E-state index contributed by atoms with van der Waals surface area (Å²) in [6.45, 7) is 0. The van der Waals surface area contributed by atoms with Crippen LogP contribution in [-0.2, 0) is 0 Å². The van der Waals surface area contributed by atoms with Crippen molar-refractivity contribution in [3.63, 3.8) is 0 Å². The first kappa shape index (κ1) is 28.9. The molecule has 240 valence electrons. The number of aromatic nitrogens is 2. The lowest BCUT2D eigenvalue weighted by molar-refractivity contribution is 1.37. The average molecular weight is 659 g/mol. The molecule has 0 aliphatic heterocycles. The van der Waals surface area contributed by atoms with Crippen LogP contribution in [0.1, 0.15) is 0 Å². The predicted molar refractivity (Wildman–Crippen MR) is 218 cm³/mol. The van der Waals surface area contributed by atoms with Crippen molar-refractivity contribution in [3.8, 4) is 66.9 Å². The van der Waals surface area contributed by atoms with Crippen LogP contribution in [0, 0.1) is 0 Å². The highest BCUT2D eigenvalue weighted by Gasteiger charge is 2.25. The molecule has 0 atom stereocenters. The highest BCUT2D eigenvalue weighted by molar-refractivity contribution is 6.22. The van der Waals surface area contributed by atoms with E-state index in [1.165, 1.54) is 77.2 Å². The number of hydrogen-bond acceptors (Lipinski definition) is 2. The molecule has 2 heteroatoms. The molecule has 0 unspecified atom stereocenters. The molecule has 2 nitrogen and oxygen atoms in total. The van der Waals surface area contributed by atoms with E-state index in [9.17, 15) is 0 Å². The molecule has 0 radical (unpaired) electrons. The van der Waals surface area contributed by atoms with Gasteiger partial charge in [0.2, 0.25) is 0 Å². The molecular formula is C50H30N2. The summed E-state index contributed by atoms with van der Waals surface area (Å²) in [7, 11) is 0. The maximum Gasteiger partial charge on any atom is 0.0972 e. The Balaban J connectivity index is 1.09. The smallest absolute Gasteiger partial charge is 0.0972 e. The molecule has 8 aromatic carbocycles. The van der Waals surface area contributed by atoms with E-state index in [2.05, 4.69) is 175 Å². The molecule has 1 aliphatic carbocycles. The van der Waals surface area contributed by atoms with E-state index in [0.717, 1.165) is 33.1 Å². The summed E-state index contributed by atoms with van der Waals surface area (Å²) >= 11 is 0. The quantitative estimate of drug-likeness (QED) is 0.176. The van der Waals surface area contributed by atoms with Crippen molar-refractivity contribution in [3.05, 3.63) is 182 Å². The molecule has 52 heavy (non-hydrogen) atoms. The molecule has 11 rings (SSSR count). The lowest BCUT2D eigenvalue weighted by atomic mass is 9.88. The maximum absolute atomic E-state index is 5.16. The topological polar surface area (TPSA) is 25.8 Å². The van der Waals surface area contributed by atoms with E-state index in [1.54, 1.807) is 0 Å². The van der Waals surface area contributed by atoms with Crippen LogP contribution in [0.4, 0.5) is 0 Å². The van der Waals surface area contributed by atoms with Crippen molar-refractivity contribution in [2.75, 3.05) is 0 Å². The van der Waals surface area contributed by atoms with Crippen LogP contribution in [0.3, 0.4) is 0 Å². The zero-order chi connectivity index (χ0) is 34.2. The molecule has 0 bridgehead atoms. The van der Waals surface area contributed by atoms with Crippen molar-refractivity contribution in [1.82, 2.24) is 9.97 Å². The number of hydrogen-bond donors (Lipinski definition) is 0. The third-order valence-corrected chi connectivity index (χ3v) is 10.8. The minimum Gasteiger partial charge on any atom is -0.254 e. The van der Waals surface area contributed by atoms with E-state index in [0.29, 0.717) is 0 Å². The summed E-state index contributed by atoms with van der Waals surface area (Å²) in [4.78, 5) is 9.84. The molecule has 0 spiro atoms. The summed E-state index contributed by atoms with van der Waals surface area (Å²) in [6, 6.07) is 63.9. The molecule has 0 saturated heterocycles. The van der Waals surface area contributed by atoms with Gasteiger partial charge in [0.1, 0.15) is 0 Å². The van der Waals surface area contributed by atoms with Crippen molar-refractivity contribution in [2.45, 2.75) is 0 Å². The fraction of sp³-hybridized carbons (Fsp3) is 0. The Kier molecular flexibility index (Phi) is 6.28. The van der Waals surface area contributed by atoms with Gasteiger partial charge in [0.15, 0.2) is 0 Å². The van der Waals surface area contributed by atoms with Crippen LogP contribution in [0.2, 0.25) is 0 Å². The summed E-state index contributed by atoms with van der Waals surface area (Å²) in [5, 5.41) is 7.32. The van der Waals surface area contributed by atoms with Crippen LogP contribution in [0.5, 0.6) is 0 Å². The summed E-state index contributed by atoms with van der Waals surface area (Å²) in [6.07, 6.45) is 1.84. The Hall–Kier alpha value is -6.90. The Labute approximate surface area is 301 Å². The highest BCUT2D eigenvalue weighted by atomic mass is 14.7. The van der Waals surface area contributed by atoms with Gasteiger partial charge in [-0.2, -0.15) is 0 Å². The van der Waals surface area contributed by atoms with E-state index >= 15 is 0 Å². The van der Waals surface area contributed by atoms with Crippen molar-refractivity contribution in [2.24, 2.45) is 0 Å². The Morgan fingerprint density at radius 3 is 1.58 bits per heavy atom. The van der Waals surface area contributed by atoms with Crippen LogP contribution in [0.15, 0.2) is 182 Å². The molecule has 0 N–H and O–H groups in total. The van der Waals surface area contributed by atoms with Crippen LogP contribution < -0.4 is 0 Å². The second-order valence-corrected chi connectivity index (χ2v) is 13.7. The predicted octanol–water partition coefficient (Wildman–Crippen LogP) is 13.4. The normalized spacial score (nSPS) is 11.8. The summed E-state index contributed by atoms with van der Waals surface area (Å²) in [5.74, 6) is 0. The molecule has 0 saturated carbocycles. The Morgan fingerprint density at radius 2 is 0.865 bits per heavy atom. The van der Waals surface area contributed by atoms with Crippen molar-refractivity contribution in [1.29, 1.82) is 0 Å². The van der Waals surface area contributed by atoms with E-state index < -0.39 is 0 Å². The average Bonchev–Trinajstić information content (AvgIpc) is 3.53. The van der Waals surface area contributed by atoms with Crippen LogP contribution in [-0.4, -0.2) is 9.97 Å². The van der Waals surface area contributed by atoms with Crippen molar-refractivity contribution >= 4 is 43.4 Å². The monoisotopic (exact) mass is 658 g/mol. The number of rotatable bonds is 4. The zero-order valence-corrected chi connectivity index (χ0v) is 28.2. The molecule has 2 aromatic heterocycles. The Morgan fingerprint density at radius 1 is 0.308 bits per heavy atom. The van der Waals surface area contributed by atoms with E-state index in [1.807, 2.05) is 12.3 Å².